The van der Waals surface area contributed by atoms with Gasteiger partial charge in [-0.15, -0.1) is 0 Å². The van der Waals surface area contributed by atoms with Gasteiger partial charge >= 0.3 is 0 Å². The molecule has 1 aromatic heterocycles. The molecule has 0 aliphatic carbocycles. The van der Waals surface area contributed by atoms with Gasteiger partial charge in [0.15, 0.2) is 5.76 Å². The molecule has 1 atom stereocenters. The quantitative estimate of drug-likeness (QED) is 0.380. The van der Waals surface area contributed by atoms with Crippen LogP contribution in [-0.4, -0.2) is 58.7 Å². The Morgan fingerprint density at radius 1 is 1.20 bits per heavy atom. The molecule has 3 amide bonds. The molecule has 2 aromatic rings. The minimum absolute atomic E-state index is 0.0908. The number of aliphatic hydroxyl groups is 1. The summed E-state index contributed by atoms with van der Waals surface area (Å²) in [6.45, 7) is 0.570. The van der Waals surface area contributed by atoms with Gasteiger partial charge in [0.05, 0.1) is 6.61 Å². The molecular weight excluding hydrogens is 390 g/mol. The summed E-state index contributed by atoms with van der Waals surface area (Å²) in [6, 6.07) is 7.79. The van der Waals surface area contributed by atoms with E-state index in [0.29, 0.717) is 31.0 Å². The Labute approximate surface area is 174 Å². The largest absolute Gasteiger partial charge is 0.451 e. The summed E-state index contributed by atoms with van der Waals surface area (Å²) < 4.78 is 5.51. The Bertz CT molecular complexity index is 855. The second kappa shape index (κ2) is 10.2. The summed E-state index contributed by atoms with van der Waals surface area (Å²) in [5.74, 6) is -0.768. The SMILES string of the molecule is O=C(CCCC1CCN(C(=O)[C@H](CO)NC(=O)c2cc3ccccc3o2)CC1)NO. The number of rotatable bonds is 8. The predicted molar refractivity (Wildman–Crippen MR) is 108 cm³/mol. The monoisotopic (exact) mass is 417 g/mol. The van der Waals surface area contributed by atoms with Crippen LogP contribution in [0.4, 0.5) is 0 Å². The molecular formula is C21H27N3O6. The normalized spacial score (nSPS) is 15.7. The van der Waals surface area contributed by atoms with Crippen LogP contribution in [0.1, 0.15) is 42.7 Å². The van der Waals surface area contributed by atoms with Gasteiger partial charge in [-0.1, -0.05) is 18.2 Å². The maximum Gasteiger partial charge on any atom is 0.287 e. The van der Waals surface area contributed by atoms with Crippen molar-refractivity contribution in [2.45, 2.75) is 38.1 Å². The number of hydrogen-bond donors (Lipinski definition) is 4. The molecule has 2 heterocycles. The first-order valence-corrected chi connectivity index (χ1v) is 10.1. The van der Waals surface area contributed by atoms with Crippen molar-refractivity contribution in [1.29, 1.82) is 0 Å². The van der Waals surface area contributed by atoms with E-state index in [2.05, 4.69) is 5.32 Å². The first kappa shape index (κ1) is 21.8. The summed E-state index contributed by atoms with van der Waals surface area (Å²) in [5.41, 5.74) is 2.20. The van der Waals surface area contributed by atoms with E-state index in [0.717, 1.165) is 24.6 Å². The van der Waals surface area contributed by atoms with Gasteiger partial charge in [-0.2, -0.15) is 0 Å². The molecule has 1 aliphatic heterocycles. The molecule has 0 saturated carbocycles. The standard InChI is InChI=1S/C21H27N3O6/c25-13-16(22-20(27)18-12-15-5-1-2-6-17(15)30-18)21(28)24-10-8-14(9-11-24)4-3-7-19(26)23-29/h1-2,5-6,12,14,16,25,29H,3-4,7-11,13H2,(H,22,27)(H,23,26)/t16-/m0/s1. The van der Waals surface area contributed by atoms with Crippen LogP contribution < -0.4 is 10.8 Å². The van der Waals surface area contributed by atoms with Crippen molar-refractivity contribution in [2.24, 2.45) is 5.92 Å². The zero-order valence-corrected chi connectivity index (χ0v) is 16.7. The number of piperidine rings is 1. The van der Waals surface area contributed by atoms with Crippen LogP contribution >= 0.6 is 0 Å². The minimum atomic E-state index is -1.03. The Hall–Kier alpha value is -2.91. The number of nitrogens with one attached hydrogen (secondary N) is 2. The molecule has 0 radical (unpaired) electrons. The Morgan fingerprint density at radius 3 is 2.60 bits per heavy atom. The van der Waals surface area contributed by atoms with E-state index in [-0.39, 0.29) is 18.1 Å². The van der Waals surface area contributed by atoms with Crippen molar-refractivity contribution in [2.75, 3.05) is 19.7 Å². The smallest absolute Gasteiger partial charge is 0.287 e. The van der Waals surface area contributed by atoms with E-state index >= 15 is 0 Å². The number of hydroxylamine groups is 1. The Kier molecular flexibility index (Phi) is 7.42. The fourth-order valence-electron chi connectivity index (χ4n) is 3.78. The number of likely N-dealkylation sites (tertiary alicyclic amines) is 1. The molecule has 1 aromatic carbocycles. The molecule has 9 nitrogen and oxygen atoms in total. The highest BCUT2D eigenvalue weighted by molar-refractivity contribution is 5.98. The summed E-state index contributed by atoms with van der Waals surface area (Å²) >= 11 is 0. The van der Waals surface area contributed by atoms with Gasteiger partial charge in [0, 0.05) is 24.9 Å². The van der Waals surface area contributed by atoms with Gasteiger partial charge in [0.25, 0.3) is 5.91 Å². The second-order valence-electron chi connectivity index (χ2n) is 7.55. The number of hydrogen-bond acceptors (Lipinski definition) is 6. The summed E-state index contributed by atoms with van der Waals surface area (Å²) in [5, 5.41) is 21.5. The highest BCUT2D eigenvalue weighted by atomic mass is 16.5. The average molecular weight is 417 g/mol. The zero-order valence-electron chi connectivity index (χ0n) is 16.7. The van der Waals surface area contributed by atoms with Crippen molar-refractivity contribution in [3.63, 3.8) is 0 Å². The lowest BCUT2D eigenvalue weighted by Gasteiger charge is -2.34. The van der Waals surface area contributed by atoms with E-state index < -0.39 is 24.5 Å². The number of nitrogens with zero attached hydrogens (tertiary/aromatic N) is 1. The molecule has 4 N–H and O–H groups in total. The summed E-state index contributed by atoms with van der Waals surface area (Å²) in [6.07, 6.45) is 3.39. The third-order valence-electron chi connectivity index (χ3n) is 5.50. The zero-order chi connectivity index (χ0) is 21.5. The number of amides is 3. The van der Waals surface area contributed by atoms with Crippen LogP contribution in [0.3, 0.4) is 0 Å². The lowest BCUT2D eigenvalue weighted by atomic mass is 9.91. The van der Waals surface area contributed by atoms with Crippen molar-refractivity contribution in [3.05, 3.63) is 36.1 Å². The summed E-state index contributed by atoms with van der Waals surface area (Å²) in [4.78, 5) is 38.0. The maximum atomic E-state index is 12.8. The lowest BCUT2D eigenvalue weighted by Crippen LogP contribution is -2.52. The van der Waals surface area contributed by atoms with Gasteiger partial charge in [-0.3, -0.25) is 19.6 Å². The van der Waals surface area contributed by atoms with Gasteiger partial charge in [-0.05, 0) is 43.7 Å². The number of aliphatic hydroxyl groups excluding tert-OH is 1. The topological polar surface area (TPSA) is 132 Å². The molecule has 1 fully saturated rings. The number of fused-ring (bicyclic) bond motifs is 1. The van der Waals surface area contributed by atoms with Gasteiger partial charge < -0.3 is 19.7 Å². The van der Waals surface area contributed by atoms with Crippen LogP contribution in [-0.2, 0) is 9.59 Å². The Balaban J connectivity index is 1.50. The van der Waals surface area contributed by atoms with Gasteiger partial charge in [0.2, 0.25) is 11.8 Å². The fourth-order valence-corrected chi connectivity index (χ4v) is 3.78. The van der Waals surface area contributed by atoms with Crippen LogP contribution in [0.2, 0.25) is 0 Å². The molecule has 162 valence electrons. The Morgan fingerprint density at radius 2 is 1.93 bits per heavy atom. The van der Waals surface area contributed by atoms with Crippen LogP contribution in [0.5, 0.6) is 0 Å². The van der Waals surface area contributed by atoms with Crippen molar-refractivity contribution in [1.82, 2.24) is 15.7 Å². The fraction of sp³-hybridized carbons (Fsp3) is 0.476. The molecule has 1 aliphatic rings. The average Bonchev–Trinajstić information content (AvgIpc) is 3.21. The first-order chi connectivity index (χ1) is 14.5. The molecule has 1 saturated heterocycles. The molecule has 3 rings (SSSR count). The van der Waals surface area contributed by atoms with E-state index in [4.69, 9.17) is 9.62 Å². The second-order valence-corrected chi connectivity index (χ2v) is 7.55. The molecule has 0 bridgehead atoms. The van der Waals surface area contributed by atoms with Crippen LogP contribution in [0.25, 0.3) is 11.0 Å². The van der Waals surface area contributed by atoms with Crippen LogP contribution in [0.15, 0.2) is 34.7 Å². The molecule has 0 spiro atoms. The highest BCUT2D eigenvalue weighted by Gasteiger charge is 2.29. The number of para-hydroxylation sites is 1. The summed E-state index contributed by atoms with van der Waals surface area (Å²) in [7, 11) is 0. The van der Waals surface area contributed by atoms with Crippen molar-refractivity contribution in [3.8, 4) is 0 Å². The number of furan rings is 1. The van der Waals surface area contributed by atoms with Crippen molar-refractivity contribution < 1.29 is 29.1 Å². The number of carbonyl (C=O) groups excluding carboxylic acids is 3. The first-order valence-electron chi connectivity index (χ1n) is 10.1. The van der Waals surface area contributed by atoms with Gasteiger partial charge in [0.1, 0.15) is 11.6 Å². The van der Waals surface area contributed by atoms with E-state index in [1.165, 1.54) is 0 Å². The third kappa shape index (κ3) is 5.37. The molecule has 9 heteroatoms. The van der Waals surface area contributed by atoms with E-state index in [9.17, 15) is 19.5 Å². The third-order valence-corrected chi connectivity index (χ3v) is 5.50. The van der Waals surface area contributed by atoms with E-state index in [1.54, 1.807) is 28.6 Å². The lowest BCUT2D eigenvalue weighted by molar-refractivity contribution is -0.135. The minimum Gasteiger partial charge on any atom is -0.451 e. The van der Waals surface area contributed by atoms with E-state index in [1.807, 2.05) is 12.1 Å². The van der Waals surface area contributed by atoms with Gasteiger partial charge in [-0.25, -0.2) is 5.48 Å². The van der Waals surface area contributed by atoms with Crippen LogP contribution in [0, 0.1) is 5.92 Å². The number of benzene rings is 1. The molecule has 30 heavy (non-hydrogen) atoms. The number of carbonyl (C=O) groups is 3. The predicted octanol–water partition coefficient (Wildman–Crippen LogP) is 1.44. The van der Waals surface area contributed by atoms with Crippen molar-refractivity contribution >= 4 is 28.7 Å². The highest BCUT2D eigenvalue weighted by Crippen LogP contribution is 2.23. The maximum absolute atomic E-state index is 12.8. The molecule has 0 unspecified atom stereocenters.